The summed E-state index contributed by atoms with van der Waals surface area (Å²) in [5.41, 5.74) is 10.7. The lowest BCUT2D eigenvalue weighted by Crippen LogP contribution is -2.41. The van der Waals surface area contributed by atoms with E-state index in [2.05, 4.69) is 34.7 Å². The number of nitrogens with two attached hydrogens (primary N) is 1. The van der Waals surface area contributed by atoms with Crippen molar-refractivity contribution in [1.82, 2.24) is 9.88 Å². The first-order valence-corrected chi connectivity index (χ1v) is 8.35. The second-order valence-electron chi connectivity index (χ2n) is 6.54. The van der Waals surface area contributed by atoms with Gasteiger partial charge in [-0.15, -0.1) is 0 Å². The Labute approximate surface area is 128 Å². The molecule has 1 aromatic heterocycles. The first-order chi connectivity index (χ1) is 10.2. The van der Waals surface area contributed by atoms with Crippen LogP contribution in [-0.4, -0.2) is 42.1 Å². The lowest BCUT2D eigenvalue weighted by Gasteiger charge is -2.32. The van der Waals surface area contributed by atoms with E-state index in [-0.39, 0.29) is 0 Å². The van der Waals surface area contributed by atoms with Gasteiger partial charge in [0.2, 0.25) is 0 Å². The zero-order chi connectivity index (χ0) is 14.8. The lowest BCUT2D eigenvalue weighted by atomic mass is 10.1. The maximum Gasteiger partial charge on any atom is 0.0448 e. The van der Waals surface area contributed by atoms with Crippen LogP contribution in [0.5, 0.6) is 0 Å². The van der Waals surface area contributed by atoms with Gasteiger partial charge in [-0.2, -0.15) is 0 Å². The van der Waals surface area contributed by atoms with Crippen molar-refractivity contribution in [2.24, 2.45) is 5.73 Å². The van der Waals surface area contributed by atoms with Gasteiger partial charge in [-0.1, -0.05) is 6.42 Å². The van der Waals surface area contributed by atoms with Crippen LogP contribution < -0.4 is 10.6 Å². The minimum Gasteiger partial charge on any atom is -0.370 e. The number of rotatable bonds is 3. The van der Waals surface area contributed by atoms with E-state index in [1.807, 2.05) is 0 Å². The zero-order valence-electron chi connectivity index (χ0n) is 13.4. The molecule has 2 N–H and O–H groups in total. The molecule has 0 saturated carbocycles. The maximum absolute atomic E-state index is 5.97. The van der Waals surface area contributed by atoms with Gasteiger partial charge in [0, 0.05) is 48.3 Å². The van der Waals surface area contributed by atoms with Gasteiger partial charge < -0.3 is 10.6 Å². The number of likely N-dealkylation sites (tertiary alicyclic amines) is 1. The monoisotopic (exact) mass is 288 g/mol. The van der Waals surface area contributed by atoms with E-state index in [9.17, 15) is 0 Å². The van der Waals surface area contributed by atoms with E-state index >= 15 is 0 Å². The fourth-order valence-corrected chi connectivity index (χ4v) is 3.91. The van der Waals surface area contributed by atoms with Crippen LogP contribution in [0.3, 0.4) is 0 Å². The van der Waals surface area contributed by atoms with Crippen molar-refractivity contribution < 1.29 is 0 Å². The zero-order valence-corrected chi connectivity index (χ0v) is 13.4. The summed E-state index contributed by atoms with van der Waals surface area (Å²) in [4.78, 5) is 9.80. The lowest BCUT2D eigenvalue weighted by molar-refractivity contribution is 0.175. The van der Waals surface area contributed by atoms with Crippen molar-refractivity contribution >= 4 is 5.69 Å². The fourth-order valence-electron chi connectivity index (χ4n) is 3.91. The Kier molecular flexibility index (Phi) is 4.45. The Bertz CT molecular complexity index is 494. The number of aromatic nitrogens is 1. The Morgan fingerprint density at radius 2 is 1.95 bits per heavy atom. The molecule has 0 aromatic carbocycles. The summed E-state index contributed by atoms with van der Waals surface area (Å²) in [5, 5.41) is 0. The summed E-state index contributed by atoms with van der Waals surface area (Å²) in [6.07, 6.45) is 5.44. The number of pyridine rings is 1. The van der Waals surface area contributed by atoms with E-state index < -0.39 is 0 Å². The summed E-state index contributed by atoms with van der Waals surface area (Å²) in [6, 6.07) is 2.94. The molecule has 2 saturated heterocycles. The number of nitrogens with zero attached hydrogens (tertiary/aromatic N) is 3. The quantitative estimate of drug-likeness (QED) is 0.926. The van der Waals surface area contributed by atoms with Gasteiger partial charge in [-0.25, -0.2) is 0 Å². The van der Waals surface area contributed by atoms with Crippen LogP contribution in [0.15, 0.2) is 6.07 Å². The van der Waals surface area contributed by atoms with E-state index in [0.717, 1.165) is 30.5 Å². The van der Waals surface area contributed by atoms with Crippen LogP contribution in [0, 0.1) is 13.8 Å². The van der Waals surface area contributed by atoms with Crippen LogP contribution in [0.2, 0.25) is 0 Å². The maximum atomic E-state index is 5.97. The molecule has 3 rings (SSSR count). The molecule has 0 spiro atoms. The molecule has 3 heterocycles. The number of piperidine rings is 1. The topological polar surface area (TPSA) is 45.4 Å². The second-order valence-corrected chi connectivity index (χ2v) is 6.54. The molecule has 1 atom stereocenters. The molecule has 116 valence electrons. The minimum atomic E-state index is 0.583. The van der Waals surface area contributed by atoms with Crippen LogP contribution in [0.1, 0.15) is 42.6 Å². The summed E-state index contributed by atoms with van der Waals surface area (Å²) in [6.45, 7) is 9.62. The predicted molar refractivity (Wildman–Crippen MR) is 87.6 cm³/mol. The third kappa shape index (κ3) is 3.06. The van der Waals surface area contributed by atoms with Gasteiger partial charge >= 0.3 is 0 Å². The number of anilines is 1. The van der Waals surface area contributed by atoms with Crippen LogP contribution in [0.4, 0.5) is 5.69 Å². The summed E-state index contributed by atoms with van der Waals surface area (Å²) >= 11 is 0. The molecule has 0 aliphatic carbocycles. The number of hydrogen-bond acceptors (Lipinski definition) is 4. The highest BCUT2D eigenvalue weighted by molar-refractivity contribution is 5.57. The first kappa shape index (κ1) is 14.8. The van der Waals surface area contributed by atoms with Crippen molar-refractivity contribution in [2.45, 2.75) is 52.1 Å². The normalized spacial score (nSPS) is 23.8. The number of aryl methyl sites for hydroxylation is 2. The average molecular weight is 288 g/mol. The molecule has 21 heavy (non-hydrogen) atoms. The Hall–Kier alpha value is -1.13. The Morgan fingerprint density at radius 3 is 2.67 bits per heavy atom. The molecule has 2 aliphatic heterocycles. The third-order valence-corrected chi connectivity index (χ3v) is 5.05. The van der Waals surface area contributed by atoms with Crippen LogP contribution >= 0.6 is 0 Å². The smallest absolute Gasteiger partial charge is 0.0448 e. The van der Waals surface area contributed by atoms with E-state index in [0.29, 0.717) is 6.54 Å². The second kappa shape index (κ2) is 6.32. The SMILES string of the molecule is Cc1cc(N2CCC(N3CCCCC3)C2)c(CN)c(C)n1. The minimum absolute atomic E-state index is 0.583. The molecule has 0 radical (unpaired) electrons. The van der Waals surface area contributed by atoms with Gasteiger partial charge in [0.05, 0.1) is 0 Å². The Balaban J connectivity index is 1.76. The predicted octanol–water partition coefficient (Wildman–Crippen LogP) is 2.22. The highest BCUT2D eigenvalue weighted by Crippen LogP contribution is 2.29. The molecule has 4 heteroatoms. The average Bonchev–Trinajstić information content (AvgIpc) is 2.97. The molecular weight excluding hydrogens is 260 g/mol. The summed E-state index contributed by atoms with van der Waals surface area (Å²) in [5.74, 6) is 0. The largest absolute Gasteiger partial charge is 0.370 e. The van der Waals surface area contributed by atoms with Gasteiger partial charge in [0.25, 0.3) is 0 Å². The van der Waals surface area contributed by atoms with E-state index in [4.69, 9.17) is 5.73 Å². The summed E-state index contributed by atoms with van der Waals surface area (Å²) < 4.78 is 0. The van der Waals surface area contributed by atoms with Crippen molar-refractivity contribution in [2.75, 3.05) is 31.1 Å². The van der Waals surface area contributed by atoms with Crippen molar-refractivity contribution in [3.8, 4) is 0 Å². The highest BCUT2D eigenvalue weighted by Gasteiger charge is 2.29. The van der Waals surface area contributed by atoms with Crippen LogP contribution in [0.25, 0.3) is 0 Å². The Morgan fingerprint density at radius 1 is 1.19 bits per heavy atom. The summed E-state index contributed by atoms with van der Waals surface area (Å²) in [7, 11) is 0. The van der Waals surface area contributed by atoms with Crippen molar-refractivity contribution in [3.63, 3.8) is 0 Å². The van der Waals surface area contributed by atoms with Gasteiger partial charge in [0.1, 0.15) is 0 Å². The van der Waals surface area contributed by atoms with Crippen molar-refractivity contribution in [3.05, 3.63) is 23.0 Å². The first-order valence-electron chi connectivity index (χ1n) is 8.35. The molecule has 0 amide bonds. The molecule has 1 aromatic rings. The van der Waals surface area contributed by atoms with Gasteiger partial charge in [-0.05, 0) is 52.3 Å². The van der Waals surface area contributed by atoms with Crippen LogP contribution in [-0.2, 0) is 6.54 Å². The molecule has 2 aliphatic rings. The molecule has 4 nitrogen and oxygen atoms in total. The van der Waals surface area contributed by atoms with Crippen molar-refractivity contribution in [1.29, 1.82) is 0 Å². The molecule has 2 fully saturated rings. The highest BCUT2D eigenvalue weighted by atomic mass is 15.3. The molecular formula is C17H28N4. The van der Waals surface area contributed by atoms with E-state index in [1.54, 1.807) is 0 Å². The standard InChI is InChI=1S/C17H28N4/c1-13-10-17(16(11-18)14(2)19-13)21-9-6-15(12-21)20-7-4-3-5-8-20/h10,15H,3-9,11-12,18H2,1-2H3. The number of hydrogen-bond donors (Lipinski definition) is 1. The molecule has 1 unspecified atom stereocenters. The van der Waals surface area contributed by atoms with E-state index in [1.165, 1.54) is 50.0 Å². The van der Waals surface area contributed by atoms with Gasteiger partial charge in [-0.3, -0.25) is 9.88 Å². The fraction of sp³-hybridized carbons (Fsp3) is 0.706. The third-order valence-electron chi connectivity index (χ3n) is 5.05. The van der Waals surface area contributed by atoms with Gasteiger partial charge in [0.15, 0.2) is 0 Å². The molecule has 0 bridgehead atoms.